The van der Waals surface area contributed by atoms with Crippen molar-refractivity contribution in [3.63, 3.8) is 0 Å². The highest BCUT2D eigenvalue weighted by Crippen LogP contribution is 2.25. The van der Waals surface area contributed by atoms with Gasteiger partial charge in [0.05, 0.1) is 11.9 Å². The molecule has 1 amide bonds. The van der Waals surface area contributed by atoms with Crippen molar-refractivity contribution in [2.75, 3.05) is 35.1 Å². The van der Waals surface area contributed by atoms with E-state index in [-0.39, 0.29) is 24.9 Å². The number of carbonyl (C=O) groups excluding carboxylic acids is 1. The Labute approximate surface area is 157 Å². The van der Waals surface area contributed by atoms with E-state index < -0.39 is 10.0 Å². The number of sulfonamides is 1. The summed E-state index contributed by atoms with van der Waals surface area (Å²) in [5.74, 6) is -0.127. The molecule has 1 saturated heterocycles. The zero-order valence-electron chi connectivity index (χ0n) is 16.1. The average molecular weight is 382 g/mol. The molecule has 1 fully saturated rings. The Bertz CT molecular complexity index is 682. The number of piperidine rings is 1. The maximum absolute atomic E-state index is 12.2. The van der Waals surface area contributed by atoms with Crippen molar-refractivity contribution >= 4 is 27.3 Å². The van der Waals surface area contributed by atoms with Crippen molar-refractivity contribution < 1.29 is 13.2 Å². The van der Waals surface area contributed by atoms with Crippen LogP contribution in [0.15, 0.2) is 24.3 Å². The van der Waals surface area contributed by atoms with Crippen LogP contribution in [0.1, 0.15) is 46.0 Å². The van der Waals surface area contributed by atoms with Crippen molar-refractivity contribution in [1.82, 2.24) is 5.32 Å². The van der Waals surface area contributed by atoms with Gasteiger partial charge in [0.25, 0.3) is 0 Å². The number of anilines is 2. The molecule has 0 aromatic heterocycles. The van der Waals surface area contributed by atoms with E-state index in [0.717, 1.165) is 25.2 Å². The lowest BCUT2D eigenvalue weighted by Gasteiger charge is -2.29. The molecule has 0 bridgehead atoms. The monoisotopic (exact) mass is 381 g/mol. The predicted molar refractivity (Wildman–Crippen MR) is 107 cm³/mol. The number of hydrogen-bond donors (Lipinski definition) is 1. The summed E-state index contributed by atoms with van der Waals surface area (Å²) in [7, 11) is -3.45. The molecule has 1 atom stereocenters. The first-order chi connectivity index (χ1) is 12.3. The first-order valence-electron chi connectivity index (χ1n) is 9.43. The lowest BCUT2D eigenvalue weighted by molar-refractivity contribution is -0.121. The van der Waals surface area contributed by atoms with Crippen molar-refractivity contribution in [3.05, 3.63) is 24.3 Å². The third kappa shape index (κ3) is 5.90. The summed E-state index contributed by atoms with van der Waals surface area (Å²) in [6.07, 6.45) is 5.84. The molecule has 0 saturated carbocycles. The number of amides is 1. The highest BCUT2D eigenvalue weighted by atomic mass is 32.2. The smallest absolute Gasteiger partial charge is 0.232 e. The highest BCUT2D eigenvalue weighted by Gasteiger charge is 2.19. The molecule has 7 heteroatoms. The minimum Gasteiger partial charge on any atom is -0.372 e. The summed E-state index contributed by atoms with van der Waals surface area (Å²) in [6.45, 7) is 6.17. The third-order valence-corrected chi connectivity index (χ3v) is 6.02. The van der Waals surface area contributed by atoms with Crippen LogP contribution in [0.2, 0.25) is 0 Å². The minimum absolute atomic E-state index is 0.0954. The summed E-state index contributed by atoms with van der Waals surface area (Å²) in [4.78, 5) is 14.3. The van der Waals surface area contributed by atoms with Crippen molar-refractivity contribution in [2.45, 2.75) is 52.0 Å². The summed E-state index contributed by atoms with van der Waals surface area (Å²) in [5.41, 5.74) is 1.72. The van der Waals surface area contributed by atoms with Crippen LogP contribution in [0, 0.1) is 0 Å². The molecule has 1 aliphatic rings. The Morgan fingerprint density at radius 2 is 1.81 bits per heavy atom. The van der Waals surface area contributed by atoms with E-state index in [9.17, 15) is 13.2 Å². The van der Waals surface area contributed by atoms with Gasteiger partial charge in [0.1, 0.15) is 0 Å². The summed E-state index contributed by atoms with van der Waals surface area (Å²) in [6, 6.07) is 7.70. The van der Waals surface area contributed by atoms with Crippen molar-refractivity contribution in [2.24, 2.45) is 0 Å². The average Bonchev–Trinajstić information content (AvgIpc) is 2.62. The lowest BCUT2D eigenvalue weighted by Crippen LogP contribution is -2.37. The Kier molecular flexibility index (Phi) is 7.32. The molecule has 6 nitrogen and oxygen atoms in total. The molecule has 0 aliphatic carbocycles. The number of nitrogens with zero attached hydrogens (tertiary/aromatic N) is 2. The molecule has 1 aromatic rings. The van der Waals surface area contributed by atoms with E-state index in [1.54, 1.807) is 0 Å². The molecule has 26 heavy (non-hydrogen) atoms. The standard InChI is InChI=1S/C19H31N3O3S/c1-4-16(2)20-19(23)12-15-22(26(3,24)25)18-10-8-17(9-11-18)21-13-6-5-7-14-21/h8-11,16H,4-7,12-15H2,1-3H3,(H,20,23). The summed E-state index contributed by atoms with van der Waals surface area (Å²) in [5, 5.41) is 2.87. The molecule has 1 unspecified atom stereocenters. The second-order valence-corrected chi connectivity index (χ2v) is 8.93. The predicted octanol–water partition coefficient (Wildman–Crippen LogP) is 2.75. The van der Waals surface area contributed by atoms with E-state index in [2.05, 4.69) is 10.2 Å². The van der Waals surface area contributed by atoms with Gasteiger partial charge in [-0.1, -0.05) is 6.92 Å². The summed E-state index contributed by atoms with van der Waals surface area (Å²) < 4.78 is 25.7. The highest BCUT2D eigenvalue weighted by molar-refractivity contribution is 7.92. The van der Waals surface area contributed by atoms with E-state index in [4.69, 9.17) is 0 Å². The zero-order chi connectivity index (χ0) is 19.2. The van der Waals surface area contributed by atoms with Gasteiger partial charge in [-0.3, -0.25) is 9.10 Å². The Balaban J connectivity index is 2.05. The minimum atomic E-state index is -3.45. The third-order valence-electron chi connectivity index (χ3n) is 4.82. The molecule has 2 rings (SSSR count). The van der Waals surface area contributed by atoms with E-state index in [1.807, 2.05) is 38.1 Å². The lowest BCUT2D eigenvalue weighted by atomic mass is 10.1. The largest absolute Gasteiger partial charge is 0.372 e. The molecular weight excluding hydrogens is 350 g/mol. The van der Waals surface area contributed by atoms with Crippen LogP contribution in [0.3, 0.4) is 0 Å². The van der Waals surface area contributed by atoms with Gasteiger partial charge in [0.15, 0.2) is 0 Å². The zero-order valence-corrected chi connectivity index (χ0v) is 16.9. The van der Waals surface area contributed by atoms with Crippen LogP contribution in [0.5, 0.6) is 0 Å². The van der Waals surface area contributed by atoms with Crippen LogP contribution in [-0.4, -0.2) is 46.3 Å². The number of hydrogen-bond acceptors (Lipinski definition) is 4. The normalized spacial score (nSPS) is 16.2. The van der Waals surface area contributed by atoms with E-state index in [1.165, 1.54) is 29.8 Å². The fourth-order valence-electron chi connectivity index (χ4n) is 3.12. The maximum Gasteiger partial charge on any atom is 0.232 e. The molecule has 1 N–H and O–H groups in total. The molecule has 1 aliphatic heterocycles. The van der Waals surface area contributed by atoms with E-state index in [0.29, 0.717) is 5.69 Å². The van der Waals surface area contributed by atoms with Crippen LogP contribution in [0.4, 0.5) is 11.4 Å². The second-order valence-electron chi connectivity index (χ2n) is 7.03. The Morgan fingerprint density at radius 3 is 2.35 bits per heavy atom. The molecule has 1 heterocycles. The SMILES string of the molecule is CCC(C)NC(=O)CCN(c1ccc(N2CCCCC2)cc1)S(C)(=O)=O. The second kappa shape index (κ2) is 9.26. The topological polar surface area (TPSA) is 69.7 Å². The molecule has 0 radical (unpaired) electrons. The number of nitrogens with one attached hydrogen (secondary N) is 1. The van der Waals surface area contributed by atoms with Crippen LogP contribution in [0.25, 0.3) is 0 Å². The fourth-order valence-corrected chi connectivity index (χ4v) is 4.05. The molecule has 146 valence electrons. The van der Waals surface area contributed by atoms with Gasteiger partial charge < -0.3 is 10.2 Å². The Morgan fingerprint density at radius 1 is 1.19 bits per heavy atom. The van der Waals surface area contributed by atoms with Crippen LogP contribution in [-0.2, 0) is 14.8 Å². The molecule has 0 spiro atoms. The van der Waals surface area contributed by atoms with Crippen LogP contribution < -0.4 is 14.5 Å². The van der Waals surface area contributed by atoms with Crippen molar-refractivity contribution in [1.29, 1.82) is 0 Å². The van der Waals surface area contributed by atoms with Crippen molar-refractivity contribution in [3.8, 4) is 0 Å². The number of rotatable bonds is 8. The number of carbonyl (C=O) groups is 1. The van der Waals surface area contributed by atoms with Gasteiger partial charge in [0, 0.05) is 37.8 Å². The van der Waals surface area contributed by atoms with Gasteiger partial charge in [0.2, 0.25) is 15.9 Å². The first kappa shape index (κ1) is 20.6. The van der Waals surface area contributed by atoms with Gasteiger partial charge in [-0.25, -0.2) is 8.42 Å². The first-order valence-corrected chi connectivity index (χ1v) is 11.3. The van der Waals surface area contributed by atoms with Gasteiger partial charge >= 0.3 is 0 Å². The molecule has 1 aromatic carbocycles. The molecular formula is C19H31N3O3S. The number of benzene rings is 1. The fraction of sp³-hybridized carbons (Fsp3) is 0.632. The van der Waals surface area contributed by atoms with Crippen LogP contribution >= 0.6 is 0 Å². The maximum atomic E-state index is 12.2. The quantitative estimate of drug-likeness (QED) is 0.752. The Hall–Kier alpha value is -1.76. The van der Waals surface area contributed by atoms with E-state index >= 15 is 0 Å². The van der Waals surface area contributed by atoms with Gasteiger partial charge in [-0.15, -0.1) is 0 Å². The summed E-state index contributed by atoms with van der Waals surface area (Å²) >= 11 is 0. The van der Waals surface area contributed by atoms with Gasteiger partial charge in [-0.2, -0.15) is 0 Å². The van der Waals surface area contributed by atoms with Gasteiger partial charge in [-0.05, 0) is 56.9 Å².